The van der Waals surface area contributed by atoms with Crippen molar-refractivity contribution in [1.29, 1.82) is 0 Å². The van der Waals surface area contributed by atoms with Gasteiger partial charge in [-0.25, -0.2) is 0 Å². The van der Waals surface area contributed by atoms with Gasteiger partial charge in [0, 0.05) is 13.2 Å². The van der Waals surface area contributed by atoms with Crippen molar-refractivity contribution in [1.82, 2.24) is 0 Å². The van der Waals surface area contributed by atoms with Gasteiger partial charge in [-0.2, -0.15) is 0 Å². The Bertz CT molecular complexity index is 146. The molecule has 0 heterocycles. The van der Waals surface area contributed by atoms with Crippen molar-refractivity contribution in [2.24, 2.45) is 11.8 Å². The Kier molecular flexibility index (Phi) is 9.99. The maximum atomic E-state index is 5.58. The molecule has 0 rings (SSSR count). The quantitative estimate of drug-likeness (QED) is 0.542. The summed E-state index contributed by atoms with van der Waals surface area (Å²) >= 11 is 0. The molecule has 0 saturated carbocycles. The molecule has 0 N–H and O–H groups in total. The summed E-state index contributed by atoms with van der Waals surface area (Å²) < 4.78 is 16.5. The van der Waals surface area contributed by atoms with Gasteiger partial charge in [0.2, 0.25) is 0 Å². The van der Waals surface area contributed by atoms with Crippen LogP contribution < -0.4 is 0 Å². The molecular formula is C13H28O3. The fraction of sp³-hybridized carbons (Fsp3) is 1.00. The van der Waals surface area contributed by atoms with E-state index >= 15 is 0 Å². The largest absolute Gasteiger partial charge is 0.379 e. The Labute approximate surface area is 100 Å². The Balaban J connectivity index is 3.18. The van der Waals surface area contributed by atoms with Gasteiger partial charge in [-0.3, -0.25) is 0 Å². The molecule has 0 aromatic carbocycles. The molecule has 0 bridgehead atoms. The molecule has 0 amide bonds. The zero-order valence-corrected chi connectivity index (χ0v) is 11.5. The van der Waals surface area contributed by atoms with Gasteiger partial charge in [0.1, 0.15) is 0 Å². The monoisotopic (exact) mass is 232 g/mol. The number of hydrogen-bond donors (Lipinski definition) is 0. The van der Waals surface area contributed by atoms with Crippen LogP contribution in [-0.2, 0) is 14.2 Å². The summed E-state index contributed by atoms with van der Waals surface area (Å²) in [7, 11) is 0. The zero-order valence-electron chi connectivity index (χ0n) is 11.5. The molecular weight excluding hydrogens is 204 g/mol. The van der Waals surface area contributed by atoms with E-state index in [2.05, 4.69) is 27.7 Å². The van der Waals surface area contributed by atoms with Crippen LogP contribution in [0.25, 0.3) is 0 Å². The first-order valence-electron chi connectivity index (χ1n) is 6.29. The van der Waals surface area contributed by atoms with Crippen LogP contribution in [0.1, 0.15) is 34.6 Å². The first kappa shape index (κ1) is 15.9. The van der Waals surface area contributed by atoms with Gasteiger partial charge >= 0.3 is 0 Å². The zero-order chi connectivity index (χ0) is 12.4. The van der Waals surface area contributed by atoms with E-state index in [-0.39, 0.29) is 6.10 Å². The predicted octanol–water partition coefficient (Wildman–Crippen LogP) is 2.74. The van der Waals surface area contributed by atoms with Gasteiger partial charge in [0.15, 0.2) is 0 Å². The summed E-state index contributed by atoms with van der Waals surface area (Å²) in [5.74, 6) is 1.17. The minimum Gasteiger partial charge on any atom is -0.379 e. The SMILES string of the molecule is CC(C)COCCOCC(C)OCC(C)C. The van der Waals surface area contributed by atoms with Crippen LogP contribution >= 0.6 is 0 Å². The Morgan fingerprint density at radius 2 is 1.19 bits per heavy atom. The molecule has 0 saturated heterocycles. The first-order chi connectivity index (χ1) is 7.52. The van der Waals surface area contributed by atoms with Gasteiger partial charge in [-0.05, 0) is 18.8 Å². The summed E-state index contributed by atoms with van der Waals surface area (Å²) in [6.07, 6.45) is 0.174. The maximum Gasteiger partial charge on any atom is 0.0780 e. The molecule has 98 valence electrons. The molecule has 0 aliphatic heterocycles. The minimum atomic E-state index is 0.174. The number of ether oxygens (including phenoxy) is 3. The second kappa shape index (κ2) is 10.1. The highest BCUT2D eigenvalue weighted by Gasteiger charge is 2.03. The highest BCUT2D eigenvalue weighted by molar-refractivity contribution is 4.49. The second-order valence-corrected chi connectivity index (χ2v) is 5.08. The molecule has 1 unspecified atom stereocenters. The average molecular weight is 232 g/mol. The van der Waals surface area contributed by atoms with Crippen LogP contribution in [0.15, 0.2) is 0 Å². The van der Waals surface area contributed by atoms with E-state index in [0.29, 0.717) is 31.7 Å². The van der Waals surface area contributed by atoms with Gasteiger partial charge in [-0.1, -0.05) is 27.7 Å². The molecule has 3 heteroatoms. The van der Waals surface area contributed by atoms with Crippen molar-refractivity contribution < 1.29 is 14.2 Å². The fourth-order valence-corrected chi connectivity index (χ4v) is 1.09. The molecule has 0 aromatic rings. The van der Waals surface area contributed by atoms with Crippen molar-refractivity contribution in [3.63, 3.8) is 0 Å². The van der Waals surface area contributed by atoms with Crippen molar-refractivity contribution in [3.05, 3.63) is 0 Å². The standard InChI is InChI=1S/C13H28O3/c1-11(2)8-14-6-7-15-10-13(5)16-9-12(3)4/h11-13H,6-10H2,1-5H3. The Morgan fingerprint density at radius 1 is 0.688 bits per heavy atom. The van der Waals surface area contributed by atoms with E-state index < -0.39 is 0 Å². The van der Waals surface area contributed by atoms with E-state index in [9.17, 15) is 0 Å². The van der Waals surface area contributed by atoms with E-state index in [0.717, 1.165) is 13.2 Å². The van der Waals surface area contributed by atoms with E-state index in [1.54, 1.807) is 0 Å². The van der Waals surface area contributed by atoms with Crippen molar-refractivity contribution >= 4 is 0 Å². The van der Waals surface area contributed by atoms with Gasteiger partial charge in [-0.15, -0.1) is 0 Å². The third-order valence-corrected chi connectivity index (χ3v) is 1.89. The average Bonchev–Trinajstić information content (AvgIpc) is 2.19. The second-order valence-electron chi connectivity index (χ2n) is 5.08. The summed E-state index contributed by atoms with van der Waals surface area (Å²) in [5, 5.41) is 0. The van der Waals surface area contributed by atoms with Crippen molar-refractivity contribution in [3.8, 4) is 0 Å². The highest BCUT2D eigenvalue weighted by atomic mass is 16.5. The smallest absolute Gasteiger partial charge is 0.0780 e. The fourth-order valence-electron chi connectivity index (χ4n) is 1.09. The first-order valence-corrected chi connectivity index (χ1v) is 6.29. The highest BCUT2D eigenvalue weighted by Crippen LogP contribution is 1.98. The van der Waals surface area contributed by atoms with Crippen LogP contribution in [0.2, 0.25) is 0 Å². The number of hydrogen-bond acceptors (Lipinski definition) is 3. The molecule has 1 atom stereocenters. The summed E-state index contributed by atoms with van der Waals surface area (Å²) in [5.41, 5.74) is 0. The maximum absolute atomic E-state index is 5.58. The lowest BCUT2D eigenvalue weighted by molar-refractivity contribution is -0.0320. The van der Waals surface area contributed by atoms with E-state index in [1.807, 2.05) is 6.92 Å². The third-order valence-electron chi connectivity index (χ3n) is 1.89. The minimum absolute atomic E-state index is 0.174. The molecule has 0 radical (unpaired) electrons. The lowest BCUT2D eigenvalue weighted by Gasteiger charge is -2.15. The lowest BCUT2D eigenvalue weighted by atomic mass is 10.2. The molecule has 0 aliphatic carbocycles. The summed E-state index contributed by atoms with van der Waals surface area (Å²) in [6.45, 7) is 14.2. The molecule has 0 aromatic heterocycles. The molecule has 0 spiro atoms. The van der Waals surface area contributed by atoms with E-state index in [4.69, 9.17) is 14.2 Å². The van der Waals surface area contributed by atoms with Crippen LogP contribution in [-0.4, -0.2) is 39.1 Å². The van der Waals surface area contributed by atoms with Crippen molar-refractivity contribution in [2.45, 2.75) is 40.7 Å². The number of rotatable bonds is 10. The lowest BCUT2D eigenvalue weighted by Crippen LogP contribution is -2.20. The normalized spacial score (nSPS) is 13.7. The van der Waals surface area contributed by atoms with Crippen LogP contribution in [0.3, 0.4) is 0 Å². The predicted molar refractivity (Wildman–Crippen MR) is 66.7 cm³/mol. The van der Waals surface area contributed by atoms with Gasteiger partial charge in [0.25, 0.3) is 0 Å². The van der Waals surface area contributed by atoms with Crippen LogP contribution in [0, 0.1) is 11.8 Å². The molecule has 0 aliphatic rings. The molecule has 0 fully saturated rings. The van der Waals surface area contributed by atoms with E-state index in [1.165, 1.54) is 0 Å². The van der Waals surface area contributed by atoms with Crippen molar-refractivity contribution in [2.75, 3.05) is 33.0 Å². The Hall–Kier alpha value is -0.120. The third kappa shape index (κ3) is 12.0. The molecule has 3 nitrogen and oxygen atoms in total. The van der Waals surface area contributed by atoms with Gasteiger partial charge < -0.3 is 14.2 Å². The molecule has 16 heavy (non-hydrogen) atoms. The summed E-state index contributed by atoms with van der Waals surface area (Å²) in [6, 6.07) is 0. The Morgan fingerprint density at radius 3 is 1.69 bits per heavy atom. The topological polar surface area (TPSA) is 27.7 Å². The van der Waals surface area contributed by atoms with Crippen LogP contribution in [0.4, 0.5) is 0 Å². The van der Waals surface area contributed by atoms with Gasteiger partial charge in [0.05, 0.1) is 25.9 Å². The summed E-state index contributed by atoms with van der Waals surface area (Å²) in [4.78, 5) is 0. The van der Waals surface area contributed by atoms with Crippen LogP contribution in [0.5, 0.6) is 0 Å².